The molecule has 0 aliphatic heterocycles. The number of benzene rings is 3. The molecule has 30 heavy (non-hydrogen) atoms. The number of ether oxygens (including phenoxy) is 2. The number of carbonyl (C=O) groups excluding carboxylic acids is 2. The maximum absolute atomic E-state index is 12.3. The first-order chi connectivity index (χ1) is 14.4. The second-order valence-corrected chi connectivity index (χ2v) is 6.56. The van der Waals surface area contributed by atoms with E-state index >= 15 is 0 Å². The molecule has 152 valence electrons. The summed E-state index contributed by atoms with van der Waals surface area (Å²) in [5, 5.41) is 11.0. The van der Waals surface area contributed by atoms with E-state index in [4.69, 9.17) is 9.47 Å². The monoisotopic (exact) mass is 405 g/mol. The van der Waals surface area contributed by atoms with Gasteiger partial charge < -0.3 is 9.47 Å². The zero-order valence-electron chi connectivity index (χ0n) is 16.2. The van der Waals surface area contributed by atoms with Crippen LogP contribution in [0.25, 0.3) is 0 Å². The average Bonchev–Trinajstić information content (AvgIpc) is 2.77. The van der Waals surface area contributed by atoms with Gasteiger partial charge in [0.1, 0.15) is 12.4 Å². The Kier molecular flexibility index (Phi) is 6.54. The lowest BCUT2D eigenvalue weighted by Gasteiger charge is -2.09. The van der Waals surface area contributed by atoms with E-state index in [0.717, 1.165) is 5.56 Å². The average molecular weight is 405 g/mol. The van der Waals surface area contributed by atoms with E-state index in [1.165, 1.54) is 24.3 Å². The minimum atomic E-state index is -0.685. The van der Waals surface area contributed by atoms with Crippen LogP contribution in [0.5, 0.6) is 5.75 Å². The van der Waals surface area contributed by atoms with Gasteiger partial charge in [0.2, 0.25) is 5.78 Å². The minimum absolute atomic E-state index is 0.111. The topological polar surface area (TPSA) is 95.7 Å². The van der Waals surface area contributed by atoms with Crippen molar-refractivity contribution in [2.75, 3.05) is 6.61 Å². The van der Waals surface area contributed by atoms with Crippen LogP contribution in [-0.2, 0) is 11.3 Å². The molecule has 3 aromatic carbocycles. The second-order valence-electron chi connectivity index (χ2n) is 6.56. The van der Waals surface area contributed by atoms with Gasteiger partial charge in [-0.3, -0.25) is 14.9 Å². The van der Waals surface area contributed by atoms with Crippen molar-refractivity contribution in [3.63, 3.8) is 0 Å². The first kappa shape index (κ1) is 20.7. The lowest BCUT2D eigenvalue weighted by atomic mass is 10.1. The quantitative estimate of drug-likeness (QED) is 0.237. The van der Waals surface area contributed by atoms with E-state index in [0.29, 0.717) is 17.9 Å². The van der Waals surface area contributed by atoms with Gasteiger partial charge in [-0.15, -0.1) is 0 Å². The van der Waals surface area contributed by atoms with E-state index < -0.39 is 23.3 Å². The van der Waals surface area contributed by atoms with Crippen molar-refractivity contribution in [3.05, 3.63) is 105 Å². The lowest BCUT2D eigenvalue weighted by molar-refractivity contribution is -0.385. The Morgan fingerprint density at radius 3 is 2.43 bits per heavy atom. The van der Waals surface area contributed by atoms with Crippen LogP contribution in [-0.4, -0.2) is 23.3 Å². The Hall–Kier alpha value is -4.00. The number of rotatable bonds is 8. The fourth-order valence-electron chi connectivity index (χ4n) is 2.73. The first-order valence-corrected chi connectivity index (χ1v) is 9.16. The number of hydrogen-bond acceptors (Lipinski definition) is 6. The van der Waals surface area contributed by atoms with Gasteiger partial charge in [-0.05, 0) is 30.7 Å². The normalized spacial score (nSPS) is 10.3. The molecular formula is C23H19NO6. The van der Waals surface area contributed by atoms with E-state index in [9.17, 15) is 19.7 Å². The maximum Gasteiger partial charge on any atom is 0.338 e. The summed E-state index contributed by atoms with van der Waals surface area (Å²) in [4.78, 5) is 35.0. The van der Waals surface area contributed by atoms with Crippen molar-refractivity contribution in [2.45, 2.75) is 13.5 Å². The summed E-state index contributed by atoms with van der Waals surface area (Å²) >= 11 is 0. The summed E-state index contributed by atoms with van der Waals surface area (Å²) in [6.45, 7) is 1.41. The Morgan fingerprint density at radius 2 is 1.70 bits per heavy atom. The van der Waals surface area contributed by atoms with Crippen LogP contribution < -0.4 is 4.74 Å². The molecule has 0 saturated carbocycles. The highest BCUT2D eigenvalue weighted by Crippen LogP contribution is 2.20. The van der Waals surface area contributed by atoms with Gasteiger partial charge in [0.25, 0.3) is 5.69 Å². The molecule has 7 heteroatoms. The zero-order valence-corrected chi connectivity index (χ0v) is 16.2. The molecule has 0 aliphatic carbocycles. The smallest absolute Gasteiger partial charge is 0.338 e. The van der Waals surface area contributed by atoms with E-state index in [1.54, 1.807) is 25.1 Å². The molecule has 0 amide bonds. The predicted molar refractivity (Wildman–Crippen MR) is 110 cm³/mol. The summed E-state index contributed by atoms with van der Waals surface area (Å²) in [6, 6.07) is 20.2. The van der Waals surface area contributed by atoms with Crippen molar-refractivity contribution in [3.8, 4) is 5.75 Å². The molecule has 0 radical (unpaired) electrons. The molecule has 0 unspecified atom stereocenters. The summed E-state index contributed by atoms with van der Waals surface area (Å²) in [6.07, 6.45) is 0. The van der Waals surface area contributed by atoms with E-state index in [1.807, 2.05) is 30.3 Å². The standard InChI is InChI=1S/C23H19NO6/c1-16-10-11-18(13-21(16)24(27)28)22(25)15-30-23(26)19-8-5-9-20(12-19)29-14-17-6-3-2-4-7-17/h2-13H,14-15H2,1H3. The summed E-state index contributed by atoms with van der Waals surface area (Å²) in [7, 11) is 0. The summed E-state index contributed by atoms with van der Waals surface area (Å²) < 4.78 is 10.8. The van der Waals surface area contributed by atoms with Gasteiger partial charge in [0.05, 0.1) is 10.5 Å². The molecule has 0 aliphatic rings. The van der Waals surface area contributed by atoms with Crippen molar-refractivity contribution in [1.29, 1.82) is 0 Å². The van der Waals surface area contributed by atoms with Gasteiger partial charge in [0.15, 0.2) is 6.61 Å². The molecule has 0 fully saturated rings. The molecule has 0 atom stereocenters. The molecule has 0 heterocycles. The third-order valence-corrected chi connectivity index (χ3v) is 4.38. The van der Waals surface area contributed by atoms with Crippen LogP contribution in [0, 0.1) is 17.0 Å². The SMILES string of the molecule is Cc1ccc(C(=O)COC(=O)c2cccc(OCc3ccccc3)c2)cc1[N+](=O)[O-]. The fraction of sp³-hybridized carbons (Fsp3) is 0.130. The van der Waals surface area contributed by atoms with Gasteiger partial charge >= 0.3 is 5.97 Å². The number of carbonyl (C=O) groups is 2. The van der Waals surface area contributed by atoms with Gasteiger partial charge in [-0.1, -0.05) is 48.5 Å². The third-order valence-electron chi connectivity index (χ3n) is 4.38. The van der Waals surface area contributed by atoms with Crippen molar-refractivity contribution in [2.24, 2.45) is 0 Å². The number of Topliss-reactive ketones (excluding diaryl/α,β-unsaturated/α-hetero) is 1. The molecule has 0 aromatic heterocycles. The minimum Gasteiger partial charge on any atom is -0.489 e. The lowest BCUT2D eigenvalue weighted by Crippen LogP contribution is -2.14. The van der Waals surface area contributed by atoms with Crippen LogP contribution in [0.1, 0.15) is 31.8 Å². The summed E-state index contributed by atoms with van der Waals surface area (Å²) in [5.41, 5.74) is 1.63. The zero-order chi connectivity index (χ0) is 21.5. The molecule has 0 spiro atoms. The Bertz CT molecular complexity index is 1080. The van der Waals surface area contributed by atoms with Crippen molar-refractivity contribution in [1.82, 2.24) is 0 Å². The maximum atomic E-state index is 12.3. The molecule has 3 aromatic rings. The highest BCUT2D eigenvalue weighted by Gasteiger charge is 2.17. The predicted octanol–water partition coefficient (Wildman–Crippen LogP) is 4.52. The number of ketones is 1. The largest absolute Gasteiger partial charge is 0.489 e. The third kappa shape index (κ3) is 5.29. The number of aryl methyl sites for hydroxylation is 1. The van der Waals surface area contributed by atoms with Gasteiger partial charge in [0, 0.05) is 17.2 Å². The number of nitro benzene ring substituents is 1. The van der Waals surface area contributed by atoms with Crippen LogP contribution in [0.2, 0.25) is 0 Å². The molecule has 0 bridgehead atoms. The van der Waals surface area contributed by atoms with Gasteiger partial charge in [-0.2, -0.15) is 0 Å². The van der Waals surface area contributed by atoms with Crippen molar-refractivity contribution < 1.29 is 24.0 Å². The molecule has 0 saturated heterocycles. The molecular weight excluding hydrogens is 386 g/mol. The first-order valence-electron chi connectivity index (χ1n) is 9.16. The Labute approximate surface area is 173 Å². The highest BCUT2D eigenvalue weighted by atomic mass is 16.6. The number of nitrogens with zero attached hydrogens (tertiary/aromatic N) is 1. The van der Waals surface area contributed by atoms with Crippen LogP contribution in [0.15, 0.2) is 72.8 Å². The van der Waals surface area contributed by atoms with E-state index in [2.05, 4.69) is 0 Å². The number of esters is 1. The fourth-order valence-corrected chi connectivity index (χ4v) is 2.73. The molecule has 0 N–H and O–H groups in total. The van der Waals surface area contributed by atoms with Gasteiger partial charge in [-0.25, -0.2) is 4.79 Å². The van der Waals surface area contributed by atoms with Crippen LogP contribution in [0.3, 0.4) is 0 Å². The second kappa shape index (κ2) is 9.47. The summed E-state index contributed by atoms with van der Waals surface area (Å²) in [5.74, 6) is -0.716. The van der Waals surface area contributed by atoms with E-state index in [-0.39, 0.29) is 16.8 Å². The van der Waals surface area contributed by atoms with Crippen LogP contribution in [0.4, 0.5) is 5.69 Å². The highest BCUT2D eigenvalue weighted by molar-refractivity contribution is 6.00. The number of hydrogen-bond donors (Lipinski definition) is 0. The Balaban J connectivity index is 1.60. The van der Waals surface area contributed by atoms with Crippen molar-refractivity contribution >= 4 is 17.4 Å². The molecule has 3 rings (SSSR count). The Morgan fingerprint density at radius 1 is 0.933 bits per heavy atom. The van der Waals surface area contributed by atoms with Crippen LogP contribution >= 0.6 is 0 Å². The molecule has 7 nitrogen and oxygen atoms in total. The number of nitro groups is 1.